The molecule has 0 bridgehead atoms. The molecule has 0 spiro atoms. The van der Waals surface area contributed by atoms with Crippen molar-refractivity contribution < 1.29 is 31.2 Å². The Morgan fingerprint density at radius 2 is 1.76 bits per heavy atom. The van der Waals surface area contributed by atoms with Crippen LogP contribution in [0.2, 0.25) is 18.1 Å². The molecule has 0 aromatic carbocycles. The molecule has 29 heavy (non-hydrogen) atoms. The van der Waals surface area contributed by atoms with E-state index < -0.39 is 41.5 Å². The second-order valence-corrected chi connectivity index (χ2v) is 17.3. The van der Waals surface area contributed by atoms with Crippen molar-refractivity contribution in [1.82, 2.24) is 0 Å². The van der Waals surface area contributed by atoms with Gasteiger partial charge in [-0.3, -0.25) is 4.18 Å². The van der Waals surface area contributed by atoms with E-state index >= 15 is 0 Å². The summed E-state index contributed by atoms with van der Waals surface area (Å²) in [6, 6.07) is 0. The van der Waals surface area contributed by atoms with Crippen LogP contribution in [0.5, 0.6) is 0 Å². The van der Waals surface area contributed by atoms with Gasteiger partial charge in [-0.05, 0) is 58.7 Å². The Balaban J connectivity index is 2.18. The third kappa shape index (κ3) is 6.02. The van der Waals surface area contributed by atoms with E-state index in [9.17, 15) is 8.42 Å². The summed E-state index contributed by atoms with van der Waals surface area (Å²) in [6.45, 7) is 19.0. The van der Waals surface area contributed by atoms with E-state index in [0.29, 0.717) is 13.0 Å². The van der Waals surface area contributed by atoms with Gasteiger partial charge in [0.1, 0.15) is 11.7 Å². The fourth-order valence-corrected chi connectivity index (χ4v) is 5.32. The third-order valence-electron chi connectivity index (χ3n) is 6.55. The van der Waals surface area contributed by atoms with Crippen molar-refractivity contribution in [3.63, 3.8) is 0 Å². The summed E-state index contributed by atoms with van der Waals surface area (Å²) in [7, 11) is -5.75. The molecule has 2 saturated heterocycles. The molecule has 7 nitrogen and oxygen atoms in total. The lowest BCUT2D eigenvalue weighted by Gasteiger charge is -2.40. The summed E-state index contributed by atoms with van der Waals surface area (Å²) < 4.78 is 54.1. The van der Waals surface area contributed by atoms with Gasteiger partial charge in [0.15, 0.2) is 14.1 Å². The lowest BCUT2D eigenvalue weighted by atomic mass is 9.93. The molecule has 172 valence electrons. The van der Waals surface area contributed by atoms with E-state index in [0.717, 1.165) is 12.7 Å². The molecule has 0 saturated carbocycles. The quantitative estimate of drug-likeness (QED) is 0.429. The summed E-state index contributed by atoms with van der Waals surface area (Å²) in [4.78, 5) is 0. The molecular formula is C20H40O7SSi. The molecule has 2 aliphatic heterocycles. The molecule has 2 heterocycles. The maximum absolute atomic E-state index is 12.0. The number of rotatable bonds is 7. The molecule has 0 unspecified atom stereocenters. The van der Waals surface area contributed by atoms with E-state index in [-0.39, 0.29) is 17.7 Å². The van der Waals surface area contributed by atoms with Crippen LogP contribution in [0.4, 0.5) is 0 Å². The minimum Gasteiger partial charge on any atom is -0.414 e. The summed E-state index contributed by atoms with van der Waals surface area (Å²) in [5.74, 6) is -0.662. The van der Waals surface area contributed by atoms with Crippen LogP contribution >= 0.6 is 0 Å². The van der Waals surface area contributed by atoms with Crippen LogP contribution in [0, 0.1) is 0 Å². The average molecular weight is 453 g/mol. The summed E-state index contributed by atoms with van der Waals surface area (Å²) >= 11 is 0. The molecule has 2 rings (SSSR count). The van der Waals surface area contributed by atoms with Crippen molar-refractivity contribution in [2.24, 2.45) is 0 Å². The lowest BCUT2D eigenvalue weighted by Crippen LogP contribution is -2.51. The first kappa shape index (κ1) is 25.2. The van der Waals surface area contributed by atoms with Crippen molar-refractivity contribution in [2.45, 2.75) is 109 Å². The van der Waals surface area contributed by atoms with Gasteiger partial charge in [0.2, 0.25) is 0 Å². The van der Waals surface area contributed by atoms with Crippen molar-refractivity contribution in [3.8, 4) is 0 Å². The average Bonchev–Trinajstić information content (AvgIpc) is 3.03. The van der Waals surface area contributed by atoms with Gasteiger partial charge in [0.25, 0.3) is 10.1 Å². The van der Waals surface area contributed by atoms with Gasteiger partial charge in [-0.1, -0.05) is 20.8 Å². The van der Waals surface area contributed by atoms with Gasteiger partial charge >= 0.3 is 0 Å². The van der Waals surface area contributed by atoms with E-state index in [1.54, 1.807) is 0 Å². The van der Waals surface area contributed by atoms with Gasteiger partial charge in [0.05, 0.1) is 31.2 Å². The molecule has 0 aliphatic carbocycles. The largest absolute Gasteiger partial charge is 0.414 e. The second kappa shape index (κ2) is 7.83. The van der Waals surface area contributed by atoms with Crippen molar-refractivity contribution in [3.05, 3.63) is 0 Å². The van der Waals surface area contributed by atoms with Gasteiger partial charge < -0.3 is 18.6 Å². The third-order valence-corrected chi connectivity index (χ3v) is 11.6. The van der Waals surface area contributed by atoms with Crippen LogP contribution in [-0.2, 0) is 32.9 Å². The fourth-order valence-electron chi connectivity index (χ4n) is 3.64. The normalized spacial score (nSPS) is 34.5. The Morgan fingerprint density at radius 1 is 1.17 bits per heavy atom. The van der Waals surface area contributed by atoms with Crippen molar-refractivity contribution in [1.29, 1.82) is 0 Å². The molecule has 0 aromatic heterocycles. The summed E-state index contributed by atoms with van der Waals surface area (Å²) in [5.41, 5.74) is -1.38. The van der Waals surface area contributed by atoms with Gasteiger partial charge in [-0.25, -0.2) is 0 Å². The van der Waals surface area contributed by atoms with E-state index in [1.165, 1.54) is 0 Å². The highest BCUT2D eigenvalue weighted by atomic mass is 32.2. The Labute approximate surface area is 178 Å². The first-order chi connectivity index (χ1) is 12.8. The molecule has 4 atom stereocenters. The predicted molar refractivity (Wildman–Crippen MR) is 115 cm³/mol. The molecule has 0 aromatic rings. The lowest BCUT2D eigenvalue weighted by molar-refractivity contribution is -0.201. The Bertz CT molecular complexity index is 700. The van der Waals surface area contributed by atoms with Crippen LogP contribution in [0.15, 0.2) is 0 Å². The highest BCUT2D eigenvalue weighted by Crippen LogP contribution is 2.45. The summed E-state index contributed by atoms with van der Waals surface area (Å²) in [5, 5.41) is 0.0106. The predicted octanol–water partition coefficient (Wildman–Crippen LogP) is 3.83. The topological polar surface area (TPSA) is 80.3 Å². The Kier molecular flexibility index (Phi) is 6.81. The Hall–Kier alpha value is -0.0331. The minimum absolute atomic E-state index is 0.0106. The molecule has 2 fully saturated rings. The van der Waals surface area contributed by atoms with E-state index in [4.69, 9.17) is 22.8 Å². The van der Waals surface area contributed by atoms with Crippen LogP contribution in [0.3, 0.4) is 0 Å². The monoisotopic (exact) mass is 452 g/mol. The molecule has 0 amide bonds. The minimum atomic E-state index is -3.67. The maximum Gasteiger partial charge on any atom is 0.264 e. The highest BCUT2D eigenvalue weighted by molar-refractivity contribution is 7.86. The van der Waals surface area contributed by atoms with Gasteiger partial charge in [0, 0.05) is 0 Å². The van der Waals surface area contributed by atoms with Crippen LogP contribution in [0.1, 0.15) is 61.3 Å². The first-order valence-electron chi connectivity index (χ1n) is 10.3. The maximum atomic E-state index is 12.0. The highest BCUT2D eigenvalue weighted by Gasteiger charge is 2.55. The standard InChI is InChI=1S/C20H40O7SSi/c1-17(2,3)29(9,10)24-13-16(26-28(8,21)22)19(6)12-11-15(25-19)20(7)14-23-18(4,5)27-20/h15-16H,11-14H2,1-10H3/t15-,16+,19+,20+/m1/s1. The van der Waals surface area contributed by atoms with Crippen LogP contribution in [-0.4, -0.2) is 65.4 Å². The number of hydrogen-bond donors (Lipinski definition) is 0. The Morgan fingerprint density at radius 3 is 2.21 bits per heavy atom. The second-order valence-electron chi connectivity index (χ2n) is 10.9. The smallest absolute Gasteiger partial charge is 0.264 e. The van der Waals surface area contributed by atoms with Crippen LogP contribution in [0.25, 0.3) is 0 Å². The van der Waals surface area contributed by atoms with Crippen molar-refractivity contribution >= 4 is 18.4 Å². The molecular weight excluding hydrogens is 412 g/mol. The van der Waals surface area contributed by atoms with E-state index in [2.05, 4.69) is 33.9 Å². The summed E-state index contributed by atoms with van der Waals surface area (Å²) in [6.07, 6.45) is 1.51. The van der Waals surface area contributed by atoms with Gasteiger partial charge in [-0.2, -0.15) is 8.42 Å². The molecule has 0 radical (unpaired) electrons. The SMILES string of the molecule is CC1(C)OC[C@@](C)([C@H]2CC[C@@](C)([C@H](CO[Si](C)(C)C(C)(C)C)OS(C)(=O)=O)O2)O1. The van der Waals surface area contributed by atoms with Crippen molar-refractivity contribution in [2.75, 3.05) is 19.5 Å². The van der Waals surface area contributed by atoms with Crippen LogP contribution < -0.4 is 0 Å². The number of ether oxygens (including phenoxy) is 3. The van der Waals surface area contributed by atoms with Gasteiger partial charge in [-0.15, -0.1) is 0 Å². The fraction of sp³-hybridized carbons (Fsp3) is 1.00. The molecule has 9 heteroatoms. The zero-order valence-electron chi connectivity index (χ0n) is 19.7. The molecule has 2 aliphatic rings. The van der Waals surface area contributed by atoms with E-state index in [1.807, 2.05) is 27.7 Å². The zero-order chi connectivity index (χ0) is 22.5. The molecule has 0 N–H and O–H groups in total. The zero-order valence-corrected chi connectivity index (χ0v) is 21.6. The number of hydrogen-bond acceptors (Lipinski definition) is 7. The first-order valence-corrected chi connectivity index (χ1v) is 15.1.